The monoisotopic (exact) mass is 220 g/mol. The van der Waals surface area contributed by atoms with Crippen LogP contribution in [0, 0.1) is 0 Å². The molecule has 0 aliphatic carbocycles. The van der Waals surface area contributed by atoms with Gasteiger partial charge >= 0.3 is 61.1 Å². The molecule has 0 aromatic carbocycles. The molecule has 0 fully saturated rings. The van der Waals surface area contributed by atoms with Crippen molar-refractivity contribution in [2.24, 2.45) is 0 Å². The average Bonchev–Trinajstić information content (AvgIpc) is 1.61. The molecule has 0 rings (SSSR count). The van der Waals surface area contributed by atoms with Gasteiger partial charge in [-0.3, -0.25) is 0 Å². The van der Waals surface area contributed by atoms with Crippen molar-refractivity contribution >= 4 is 44.3 Å². The van der Waals surface area contributed by atoms with E-state index >= 15 is 0 Å². The molecule has 0 aromatic heterocycles. The molecule has 0 nitrogen and oxygen atoms in total. The maximum atomic E-state index is 5.46. The molecule has 4 heteroatoms. The van der Waals surface area contributed by atoms with Crippen LogP contribution in [0.15, 0.2) is 11.6 Å². The first-order valence-electron chi connectivity index (χ1n) is 1.61. The molecule has 0 bridgehead atoms. The predicted octanol–water partition coefficient (Wildman–Crippen LogP) is 2.70. The first-order valence-corrected chi connectivity index (χ1v) is 8.31. The Morgan fingerprint density at radius 3 is 2.14 bits per heavy atom. The molecule has 0 aromatic rings. The fourth-order valence-corrected chi connectivity index (χ4v) is 1.86. The Kier molecular flexibility index (Phi) is 6.19. The molecule has 0 amide bonds. The van der Waals surface area contributed by atoms with Gasteiger partial charge in [-0.05, 0) is 0 Å². The second kappa shape index (κ2) is 5.31. The molecule has 0 saturated heterocycles. The van der Waals surface area contributed by atoms with Crippen molar-refractivity contribution in [1.82, 2.24) is 0 Å². The number of hydrogen-bond acceptors (Lipinski definition) is 0. The van der Waals surface area contributed by atoms with Crippen LogP contribution in [0.4, 0.5) is 0 Å². The summed E-state index contributed by atoms with van der Waals surface area (Å²) >= 11 is 3.70. The quantitative estimate of drug-likeness (QED) is 0.629. The Morgan fingerprint density at radius 1 is 1.43 bits per heavy atom. The molecular formula is C3H4AsCl3. The van der Waals surface area contributed by atoms with E-state index in [1.807, 2.05) is 0 Å². The minimum atomic E-state index is -1.47. The van der Waals surface area contributed by atoms with Crippen LogP contribution in [0.1, 0.15) is 0 Å². The van der Waals surface area contributed by atoms with Crippen LogP contribution < -0.4 is 0 Å². The van der Waals surface area contributed by atoms with Crippen molar-refractivity contribution in [3.63, 3.8) is 0 Å². The van der Waals surface area contributed by atoms with Crippen LogP contribution >= 0.6 is 31.5 Å². The summed E-state index contributed by atoms with van der Waals surface area (Å²) in [6.45, 7) is 0. The van der Waals surface area contributed by atoms with E-state index < -0.39 is 12.8 Å². The zero-order valence-electron chi connectivity index (χ0n) is 3.44. The van der Waals surface area contributed by atoms with Gasteiger partial charge in [0.05, 0.1) is 0 Å². The van der Waals surface area contributed by atoms with Gasteiger partial charge in [-0.25, -0.2) is 0 Å². The van der Waals surface area contributed by atoms with Gasteiger partial charge in [-0.2, -0.15) is 0 Å². The average molecular weight is 221 g/mol. The third-order valence-electron chi connectivity index (χ3n) is 0.333. The van der Waals surface area contributed by atoms with E-state index in [0.717, 1.165) is 5.21 Å². The third kappa shape index (κ3) is 7.17. The topological polar surface area (TPSA) is 0 Å². The van der Waals surface area contributed by atoms with E-state index in [1.54, 1.807) is 6.08 Å². The molecule has 42 valence electrons. The fraction of sp³-hybridized carbons (Fsp3) is 0.333. The SMILES string of the molecule is Cl/C=C/C[As](Cl)Cl. The first kappa shape index (κ1) is 8.17. The van der Waals surface area contributed by atoms with E-state index in [4.69, 9.17) is 31.5 Å². The minimum absolute atomic E-state index is 0.764. The summed E-state index contributed by atoms with van der Waals surface area (Å²) in [5.74, 6) is 0. The summed E-state index contributed by atoms with van der Waals surface area (Å²) < 4.78 is 0. The maximum absolute atomic E-state index is 5.46. The summed E-state index contributed by atoms with van der Waals surface area (Å²) in [6, 6.07) is 0. The Hall–Kier alpha value is 1.17. The van der Waals surface area contributed by atoms with Crippen LogP contribution in [0.3, 0.4) is 0 Å². The summed E-state index contributed by atoms with van der Waals surface area (Å²) in [5, 5.41) is 0.764. The molecule has 0 heterocycles. The molecule has 0 radical (unpaired) electrons. The van der Waals surface area contributed by atoms with Crippen LogP contribution in [-0.4, -0.2) is 12.8 Å². The third-order valence-corrected chi connectivity index (χ3v) is 2.97. The standard InChI is InChI=1S/C3H4AsCl3/c5-3-1-2-4(6)7/h1,3H,2H2/b3-1+. The van der Waals surface area contributed by atoms with Crippen molar-refractivity contribution in [1.29, 1.82) is 0 Å². The van der Waals surface area contributed by atoms with Crippen molar-refractivity contribution < 1.29 is 0 Å². The van der Waals surface area contributed by atoms with E-state index in [1.165, 1.54) is 5.54 Å². The number of allylic oxidation sites excluding steroid dienone is 1. The number of hydrogen-bond donors (Lipinski definition) is 0. The summed E-state index contributed by atoms with van der Waals surface area (Å²) in [4.78, 5) is 0. The van der Waals surface area contributed by atoms with E-state index in [9.17, 15) is 0 Å². The normalized spacial score (nSPS) is 11.4. The van der Waals surface area contributed by atoms with Gasteiger partial charge in [-0.15, -0.1) is 0 Å². The van der Waals surface area contributed by atoms with Gasteiger partial charge in [0.25, 0.3) is 0 Å². The zero-order chi connectivity index (χ0) is 5.70. The first-order chi connectivity index (χ1) is 3.27. The summed E-state index contributed by atoms with van der Waals surface area (Å²) in [5.41, 5.74) is 1.44. The predicted molar refractivity (Wildman–Crippen MR) is 37.3 cm³/mol. The second-order valence-corrected chi connectivity index (χ2v) is 8.28. The second-order valence-electron chi connectivity index (χ2n) is 0.847. The van der Waals surface area contributed by atoms with Gasteiger partial charge in [0.1, 0.15) is 0 Å². The molecule has 0 aliphatic heterocycles. The molecule has 0 saturated carbocycles. The van der Waals surface area contributed by atoms with Crippen LogP contribution in [0.25, 0.3) is 0 Å². The molecule has 7 heavy (non-hydrogen) atoms. The van der Waals surface area contributed by atoms with Crippen LogP contribution in [0.5, 0.6) is 0 Å². The van der Waals surface area contributed by atoms with Gasteiger partial charge in [-0.1, -0.05) is 0 Å². The molecule has 0 aliphatic rings. The molecular weight excluding hydrogens is 217 g/mol. The van der Waals surface area contributed by atoms with Gasteiger partial charge < -0.3 is 0 Å². The Labute approximate surface area is 61.0 Å². The van der Waals surface area contributed by atoms with Crippen molar-refractivity contribution in [2.75, 3.05) is 0 Å². The summed E-state index contributed by atoms with van der Waals surface area (Å²) in [7, 11) is 10.9. The van der Waals surface area contributed by atoms with Crippen molar-refractivity contribution in [2.45, 2.75) is 5.21 Å². The summed E-state index contributed by atoms with van der Waals surface area (Å²) in [6.07, 6.45) is 1.77. The molecule has 0 N–H and O–H groups in total. The van der Waals surface area contributed by atoms with Gasteiger partial charge in [0.2, 0.25) is 0 Å². The zero-order valence-corrected chi connectivity index (χ0v) is 7.59. The van der Waals surface area contributed by atoms with Crippen molar-refractivity contribution in [3.05, 3.63) is 11.6 Å². The van der Waals surface area contributed by atoms with E-state index in [0.29, 0.717) is 0 Å². The number of rotatable bonds is 2. The van der Waals surface area contributed by atoms with Gasteiger partial charge in [0, 0.05) is 0 Å². The Morgan fingerprint density at radius 2 is 2.00 bits per heavy atom. The van der Waals surface area contributed by atoms with Crippen LogP contribution in [-0.2, 0) is 0 Å². The molecule has 0 atom stereocenters. The molecule has 0 unspecified atom stereocenters. The Bertz CT molecular complexity index is 61.2. The fourth-order valence-electron chi connectivity index (χ4n) is 0.120. The number of halogens is 3. The molecule has 0 spiro atoms. The van der Waals surface area contributed by atoms with E-state index in [-0.39, 0.29) is 0 Å². The van der Waals surface area contributed by atoms with Gasteiger partial charge in [0.15, 0.2) is 0 Å². The van der Waals surface area contributed by atoms with Crippen molar-refractivity contribution in [3.8, 4) is 0 Å². The van der Waals surface area contributed by atoms with E-state index in [2.05, 4.69) is 0 Å². The van der Waals surface area contributed by atoms with Crippen LogP contribution in [0.2, 0.25) is 5.21 Å². The Balaban J connectivity index is 2.97.